The summed E-state index contributed by atoms with van der Waals surface area (Å²) in [5.41, 5.74) is 7.51. The minimum Gasteiger partial charge on any atom is -0.397 e. The first-order chi connectivity index (χ1) is 8.06. The fourth-order valence-corrected chi connectivity index (χ4v) is 2.38. The molecule has 90 valence electrons. The molecule has 1 aromatic heterocycles. The van der Waals surface area contributed by atoms with Gasteiger partial charge in [-0.05, 0) is 28.7 Å². The quantitative estimate of drug-likeness (QED) is 0.578. The van der Waals surface area contributed by atoms with E-state index in [0.717, 1.165) is 17.0 Å². The van der Waals surface area contributed by atoms with E-state index < -0.39 is 0 Å². The van der Waals surface area contributed by atoms with E-state index in [9.17, 15) is 9.18 Å². The van der Waals surface area contributed by atoms with Crippen LogP contribution >= 0.6 is 33.9 Å². The van der Waals surface area contributed by atoms with Crippen LogP contribution in [0.25, 0.3) is 0 Å². The molecule has 0 bridgehead atoms. The molecule has 4 N–H and O–H groups in total. The number of aromatic nitrogens is 1. The number of hydrogen-bond acceptors (Lipinski definition) is 4. The molecular formula is C10H9FIN3OS. The zero-order valence-corrected chi connectivity index (χ0v) is 11.6. The Labute approximate surface area is 114 Å². The maximum Gasteiger partial charge on any atom is 0.304 e. The number of aromatic amines is 1. The smallest absolute Gasteiger partial charge is 0.304 e. The Hall–Kier alpha value is -1.09. The second-order valence-electron chi connectivity index (χ2n) is 3.38. The standard InChI is InChI=1S/C10H9FIN3OS/c11-6-1-9(8(13)2-7(6)12)14-3-5-4-17-10(16)15-5/h1-2,4,14H,3,13H2,(H,15,16). The number of rotatable bonds is 3. The molecule has 0 spiro atoms. The number of benzene rings is 1. The molecule has 0 saturated heterocycles. The molecule has 0 aliphatic carbocycles. The minimum absolute atomic E-state index is 0.108. The molecule has 1 heterocycles. The van der Waals surface area contributed by atoms with Gasteiger partial charge in [-0.2, -0.15) is 0 Å². The van der Waals surface area contributed by atoms with Gasteiger partial charge in [-0.3, -0.25) is 4.79 Å². The zero-order chi connectivity index (χ0) is 12.4. The first kappa shape index (κ1) is 12.4. The van der Waals surface area contributed by atoms with Crippen LogP contribution in [0.2, 0.25) is 0 Å². The van der Waals surface area contributed by atoms with Crippen molar-refractivity contribution in [2.45, 2.75) is 6.54 Å². The van der Waals surface area contributed by atoms with Crippen LogP contribution in [0, 0.1) is 9.39 Å². The molecule has 0 saturated carbocycles. The second-order valence-corrected chi connectivity index (χ2v) is 5.38. The fourth-order valence-electron chi connectivity index (χ4n) is 1.31. The predicted molar refractivity (Wildman–Crippen MR) is 75.8 cm³/mol. The highest BCUT2D eigenvalue weighted by atomic mass is 127. The molecular weight excluding hydrogens is 356 g/mol. The van der Waals surface area contributed by atoms with Crippen molar-refractivity contribution >= 4 is 45.3 Å². The average Bonchev–Trinajstić information content (AvgIpc) is 2.68. The number of nitrogen functional groups attached to an aromatic ring is 1. The first-order valence-corrected chi connectivity index (χ1v) is 6.67. The molecule has 0 unspecified atom stereocenters. The average molecular weight is 365 g/mol. The monoisotopic (exact) mass is 365 g/mol. The highest BCUT2D eigenvalue weighted by Gasteiger charge is 2.06. The highest BCUT2D eigenvalue weighted by Crippen LogP contribution is 2.24. The lowest BCUT2D eigenvalue weighted by molar-refractivity contribution is 0.621. The molecule has 4 nitrogen and oxygen atoms in total. The molecule has 0 fully saturated rings. The van der Waals surface area contributed by atoms with E-state index >= 15 is 0 Å². The van der Waals surface area contributed by atoms with Crippen molar-refractivity contribution in [3.05, 3.63) is 42.3 Å². The first-order valence-electron chi connectivity index (χ1n) is 4.71. The number of nitrogens with one attached hydrogen (secondary N) is 2. The van der Waals surface area contributed by atoms with Gasteiger partial charge < -0.3 is 16.0 Å². The van der Waals surface area contributed by atoms with Gasteiger partial charge in [-0.1, -0.05) is 11.3 Å². The van der Waals surface area contributed by atoms with Crippen LogP contribution in [0.1, 0.15) is 5.69 Å². The molecule has 0 aliphatic heterocycles. The number of nitrogens with two attached hydrogens (primary N) is 1. The summed E-state index contributed by atoms with van der Waals surface area (Å²) in [7, 11) is 0. The molecule has 0 aliphatic rings. The van der Waals surface area contributed by atoms with Crippen LogP contribution in [0.4, 0.5) is 15.8 Å². The number of anilines is 2. The summed E-state index contributed by atoms with van der Waals surface area (Å²) in [5.74, 6) is -0.318. The van der Waals surface area contributed by atoms with Gasteiger partial charge in [-0.25, -0.2) is 4.39 Å². The van der Waals surface area contributed by atoms with Crippen LogP contribution in [0.3, 0.4) is 0 Å². The molecule has 17 heavy (non-hydrogen) atoms. The van der Waals surface area contributed by atoms with Crippen molar-refractivity contribution in [1.29, 1.82) is 0 Å². The van der Waals surface area contributed by atoms with Gasteiger partial charge in [0.1, 0.15) is 5.82 Å². The van der Waals surface area contributed by atoms with Crippen LogP contribution in [-0.2, 0) is 6.54 Å². The lowest BCUT2D eigenvalue weighted by atomic mass is 10.2. The summed E-state index contributed by atoms with van der Waals surface area (Å²) in [6.07, 6.45) is 0. The van der Waals surface area contributed by atoms with Gasteiger partial charge in [-0.15, -0.1) is 0 Å². The van der Waals surface area contributed by atoms with Crippen LogP contribution in [0.15, 0.2) is 22.3 Å². The summed E-state index contributed by atoms with van der Waals surface area (Å²) in [6.45, 7) is 0.406. The van der Waals surface area contributed by atoms with E-state index in [0.29, 0.717) is 21.5 Å². The van der Waals surface area contributed by atoms with Crippen molar-refractivity contribution in [3.63, 3.8) is 0 Å². The van der Waals surface area contributed by atoms with E-state index in [1.807, 2.05) is 22.6 Å². The van der Waals surface area contributed by atoms with Crippen molar-refractivity contribution in [3.8, 4) is 0 Å². The Balaban J connectivity index is 2.14. The van der Waals surface area contributed by atoms with Gasteiger partial charge in [0, 0.05) is 17.1 Å². The Kier molecular flexibility index (Phi) is 3.67. The Morgan fingerprint density at radius 2 is 2.29 bits per heavy atom. The molecule has 2 rings (SSSR count). The number of thiazole rings is 1. The molecule has 1 aromatic carbocycles. The predicted octanol–water partition coefficient (Wildman–Crippen LogP) is 2.37. The second kappa shape index (κ2) is 5.05. The van der Waals surface area contributed by atoms with Crippen LogP contribution in [-0.4, -0.2) is 4.98 Å². The third kappa shape index (κ3) is 2.97. The Morgan fingerprint density at radius 3 is 2.94 bits per heavy atom. The minimum atomic E-state index is -0.318. The van der Waals surface area contributed by atoms with E-state index in [2.05, 4.69) is 10.3 Å². The summed E-state index contributed by atoms with van der Waals surface area (Å²) in [5, 5.41) is 4.70. The van der Waals surface area contributed by atoms with Crippen molar-refractivity contribution in [2.24, 2.45) is 0 Å². The molecule has 0 radical (unpaired) electrons. The van der Waals surface area contributed by atoms with Crippen molar-refractivity contribution < 1.29 is 4.39 Å². The largest absolute Gasteiger partial charge is 0.397 e. The summed E-state index contributed by atoms with van der Waals surface area (Å²) >= 11 is 2.97. The van der Waals surface area contributed by atoms with Gasteiger partial charge in [0.2, 0.25) is 0 Å². The van der Waals surface area contributed by atoms with Crippen molar-refractivity contribution in [1.82, 2.24) is 4.98 Å². The van der Waals surface area contributed by atoms with Gasteiger partial charge >= 0.3 is 4.87 Å². The van der Waals surface area contributed by atoms with E-state index in [4.69, 9.17) is 5.73 Å². The fraction of sp³-hybridized carbons (Fsp3) is 0.100. The van der Waals surface area contributed by atoms with Crippen molar-refractivity contribution in [2.75, 3.05) is 11.1 Å². The number of halogens is 2. The topological polar surface area (TPSA) is 70.9 Å². The maximum absolute atomic E-state index is 13.3. The van der Waals surface area contributed by atoms with Crippen LogP contribution in [0.5, 0.6) is 0 Å². The molecule has 0 atom stereocenters. The lowest BCUT2D eigenvalue weighted by Gasteiger charge is -2.09. The summed E-state index contributed by atoms with van der Waals surface area (Å²) < 4.78 is 13.8. The SMILES string of the molecule is Nc1cc(I)c(F)cc1NCc1csc(=O)[nH]1. The lowest BCUT2D eigenvalue weighted by Crippen LogP contribution is -2.05. The third-order valence-corrected chi connectivity index (χ3v) is 3.68. The molecule has 2 aromatic rings. The highest BCUT2D eigenvalue weighted by molar-refractivity contribution is 14.1. The third-order valence-electron chi connectivity index (χ3n) is 2.13. The van der Waals surface area contributed by atoms with E-state index in [1.54, 1.807) is 11.4 Å². The zero-order valence-electron chi connectivity index (χ0n) is 8.59. The molecule has 7 heteroatoms. The van der Waals surface area contributed by atoms with E-state index in [-0.39, 0.29) is 10.7 Å². The van der Waals surface area contributed by atoms with Crippen LogP contribution < -0.4 is 15.9 Å². The Bertz CT molecular complexity index is 595. The van der Waals surface area contributed by atoms with Gasteiger partial charge in [0.15, 0.2) is 0 Å². The summed E-state index contributed by atoms with van der Waals surface area (Å²) in [6, 6.07) is 2.91. The maximum atomic E-state index is 13.3. The Morgan fingerprint density at radius 1 is 1.53 bits per heavy atom. The van der Waals surface area contributed by atoms with Gasteiger partial charge in [0.05, 0.1) is 21.5 Å². The van der Waals surface area contributed by atoms with Gasteiger partial charge in [0.25, 0.3) is 0 Å². The van der Waals surface area contributed by atoms with E-state index in [1.165, 1.54) is 6.07 Å². The number of H-pyrrole nitrogens is 1. The molecule has 0 amide bonds. The normalized spacial score (nSPS) is 10.5. The number of hydrogen-bond donors (Lipinski definition) is 3. The summed E-state index contributed by atoms with van der Waals surface area (Å²) in [4.78, 5) is 13.5.